The number of nitrogens with one attached hydrogen (secondary N) is 1. The van der Waals surface area contributed by atoms with Crippen LogP contribution < -0.4 is 20.7 Å². The summed E-state index contributed by atoms with van der Waals surface area (Å²) >= 11 is 0. The molecule has 0 saturated heterocycles. The minimum atomic E-state index is 0.149. The van der Waals surface area contributed by atoms with Crippen LogP contribution in [-0.2, 0) is 0 Å². The first-order valence-corrected chi connectivity index (χ1v) is 8.71. The quantitative estimate of drug-likeness (QED) is 0.650. The van der Waals surface area contributed by atoms with Crippen LogP contribution in [0.25, 0.3) is 0 Å². The number of hydrogen-bond donors (Lipinski definition) is 2. The Morgan fingerprint density at radius 1 is 1.24 bits per heavy atom. The fourth-order valence-electron chi connectivity index (χ4n) is 2.99. The summed E-state index contributed by atoms with van der Waals surface area (Å²) in [5.41, 5.74) is 8.44. The van der Waals surface area contributed by atoms with Crippen molar-refractivity contribution in [1.82, 2.24) is 5.32 Å². The summed E-state index contributed by atoms with van der Waals surface area (Å²) in [6.07, 6.45) is 0.882. The van der Waals surface area contributed by atoms with Crippen LogP contribution in [0.1, 0.15) is 24.9 Å². The van der Waals surface area contributed by atoms with E-state index in [0.29, 0.717) is 19.1 Å². The summed E-state index contributed by atoms with van der Waals surface area (Å²) in [5.74, 6) is 1.41. The first kappa shape index (κ1) is 17.1. The number of para-hydroxylation sites is 2. The van der Waals surface area contributed by atoms with Gasteiger partial charge in [-0.25, -0.2) is 0 Å². The molecule has 2 unspecified atom stereocenters. The van der Waals surface area contributed by atoms with Crippen LogP contribution in [0.4, 0.5) is 5.69 Å². The number of benzene rings is 2. The first-order valence-electron chi connectivity index (χ1n) is 8.71. The molecule has 1 heterocycles. The molecule has 0 aromatic heterocycles. The average Bonchev–Trinajstić information content (AvgIpc) is 2.66. The topological polar surface area (TPSA) is 62.9 Å². The number of anilines is 1. The first-order chi connectivity index (χ1) is 12.1. The summed E-state index contributed by atoms with van der Waals surface area (Å²) in [6.45, 7) is 3.47. The lowest BCUT2D eigenvalue weighted by Gasteiger charge is -2.28. The van der Waals surface area contributed by atoms with Crippen molar-refractivity contribution in [3.05, 3.63) is 60.2 Å². The van der Waals surface area contributed by atoms with Gasteiger partial charge in [0, 0.05) is 30.8 Å². The van der Waals surface area contributed by atoms with E-state index in [4.69, 9.17) is 10.5 Å². The number of nitrogens with zero attached hydrogens (tertiary/aromatic N) is 2. The van der Waals surface area contributed by atoms with Gasteiger partial charge in [0.2, 0.25) is 0 Å². The Bertz CT molecular complexity index is 717. The normalized spacial score (nSPS) is 18.0. The smallest absolute Gasteiger partial charge is 0.189 e. The number of aliphatic imine (C=N–C) groups is 1. The van der Waals surface area contributed by atoms with Gasteiger partial charge < -0.3 is 20.7 Å². The number of fused-ring (bicyclic) bond motifs is 1. The predicted octanol–water partition coefficient (Wildman–Crippen LogP) is 2.94. The molecule has 5 nitrogen and oxygen atoms in total. The van der Waals surface area contributed by atoms with Gasteiger partial charge in [-0.2, -0.15) is 0 Å². The van der Waals surface area contributed by atoms with Gasteiger partial charge in [0.1, 0.15) is 5.75 Å². The zero-order valence-electron chi connectivity index (χ0n) is 14.9. The molecule has 5 heteroatoms. The highest BCUT2D eigenvalue weighted by Gasteiger charge is 2.21. The Morgan fingerprint density at radius 2 is 1.96 bits per heavy atom. The van der Waals surface area contributed by atoms with Crippen molar-refractivity contribution in [2.45, 2.75) is 25.4 Å². The molecule has 0 saturated carbocycles. The number of guanidine groups is 1. The molecule has 2 aromatic rings. The summed E-state index contributed by atoms with van der Waals surface area (Å²) in [7, 11) is 2.08. The maximum atomic E-state index is 6.13. The summed E-state index contributed by atoms with van der Waals surface area (Å²) in [6, 6.07) is 18.8. The minimum absolute atomic E-state index is 0.149. The summed E-state index contributed by atoms with van der Waals surface area (Å²) in [4.78, 5) is 6.75. The maximum absolute atomic E-state index is 6.13. The van der Waals surface area contributed by atoms with Gasteiger partial charge in [0.25, 0.3) is 0 Å². The molecule has 3 N–H and O–H groups in total. The molecule has 25 heavy (non-hydrogen) atoms. The number of ether oxygens (including phenoxy) is 1. The van der Waals surface area contributed by atoms with E-state index in [9.17, 15) is 0 Å². The van der Waals surface area contributed by atoms with Crippen molar-refractivity contribution in [2.75, 3.05) is 25.1 Å². The SMILES string of the molecule is CC(CN=C(N)NC1CCOc2ccccc21)N(C)c1ccccc1. The van der Waals surface area contributed by atoms with E-state index in [1.54, 1.807) is 0 Å². The van der Waals surface area contributed by atoms with Gasteiger partial charge in [-0.1, -0.05) is 36.4 Å². The number of hydrogen-bond acceptors (Lipinski definition) is 3. The molecule has 0 bridgehead atoms. The fourth-order valence-corrected chi connectivity index (χ4v) is 2.99. The molecule has 0 spiro atoms. The van der Waals surface area contributed by atoms with Crippen molar-refractivity contribution in [3.63, 3.8) is 0 Å². The molecular weight excluding hydrogens is 312 g/mol. The molecule has 0 aliphatic carbocycles. The predicted molar refractivity (Wildman–Crippen MR) is 103 cm³/mol. The Hall–Kier alpha value is -2.69. The number of likely N-dealkylation sites (N-methyl/N-ethyl adjacent to an activating group) is 1. The van der Waals surface area contributed by atoms with Crippen LogP contribution in [-0.4, -0.2) is 32.2 Å². The molecule has 0 radical (unpaired) electrons. The zero-order chi connectivity index (χ0) is 17.6. The van der Waals surface area contributed by atoms with E-state index >= 15 is 0 Å². The third-order valence-electron chi connectivity index (χ3n) is 4.63. The molecule has 3 rings (SSSR count). The molecule has 2 atom stereocenters. The van der Waals surface area contributed by atoms with Crippen LogP contribution in [0, 0.1) is 0 Å². The molecule has 1 aliphatic heterocycles. The Kier molecular flexibility index (Phi) is 5.43. The highest BCUT2D eigenvalue weighted by atomic mass is 16.5. The zero-order valence-corrected chi connectivity index (χ0v) is 14.9. The summed E-state index contributed by atoms with van der Waals surface area (Å²) < 4.78 is 5.69. The van der Waals surface area contributed by atoms with Crippen molar-refractivity contribution in [1.29, 1.82) is 0 Å². The Labute approximate surface area is 149 Å². The average molecular weight is 338 g/mol. The summed E-state index contributed by atoms with van der Waals surface area (Å²) in [5, 5.41) is 3.34. The third-order valence-corrected chi connectivity index (χ3v) is 4.63. The lowest BCUT2D eigenvalue weighted by molar-refractivity contribution is 0.262. The van der Waals surface area contributed by atoms with Gasteiger partial charge in [0.15, 0.2) is 5.96 Å². The monoisotopic (exact) mass is 338 g/mol. The number of rotatable bonds is 5. The highest BCUT2D eigenvalue weighted by Crippen LogP contribution is 2.31. The van der Waals surface area contributed by atoms with Gasteiger partial charge >= 0.3 is 0 Å². The van der Waals surface area contributed by atoms with Gasteiger partial charge in [-0.3, -0.25) is 4.99 Å². The van der Waals surface area contributed by atoms with Crippen molar-refractivity contribution >= 4 is 11.6 Å². The van der Waals surface area contributed by atoms with Crippen molar-refractivity contribution < 1.29 is 4.74 Å². The van der Waals surface area contributed by atoms with Crippen LogP contribution in [0.3, 0.4) is 0 Å². The van der Waals surface area contributed by atoms with Gasteiger partial charge in [0.05, 0.1) is 19.2 Å². The highest BCUT2D eigenvalue weighted by molar-refractivity contribution is 5.78. The maximum Gasteiger partial charge on any atom is 0.189 e. The fraction of sp³-hybridized carbons (Fsp3) is 0.350. The Balaban J connectivity index is 1.59. The van der Waals surface area contributed by atoms with Gasteiger partial charge in [-0.05, 0) is 25.1 Å². The largest absolute Gasteiger partial charge is 0.493 e. The Morgan fingerprint density at radius 3 is 2.76 bits per heavy atom. The molecule has 0 fully saturated rings. The third kappa shape index (κ3) is 4.24. The van der Waals surface area contributed by atoms with E-state index in [1.807, 2.05) is 36.4 Å². The second-order valence-corrected chi connectivity index (χ2v) is 6.39. The van der Waals surface area contributed by atoms with Gasteiger partial charge in [-0.15, -0.1) is 0 Å². The lowest BCUT2D eigenvalue weighted by Crippen LogP contribution is -2.39. The molecule has 1 aliphatic rings. The molecule has 2 aromatic carbocycles. The molecule has 0 amide bonds. The van der Waals surface area contributed by atoms with E-state index in [-0.39, 0.29) is 12.1 Å². The number of nitrogens with two attached hydrogens (primary N) is 1. The van der Waals surface area contributed by atoms with E-state index < -0.39 is 0 Å². The second kappa shape index (κ2) is 7.92. The minimum Gasteiger partial charge on any atom is -0.493 e. The van der Waals surface area contributed by atoms with Crippen molar-refractivity contribution in [2.24, 2.45) is 10.7 Å². The van der Waals surface area contributed by atoms with E-state index in [2.05, 4.69) is 47.4 Å². The van der Waals surface area contributed by atoms with E-state index in [1.165, 1.54) is 5.69 Å². The standard InChI is InChI=1S/C20H26N4O/c1-15(24(2)16-8-4-3-5-9-16)14-22-20(21)23-18-12-13-25-19-11-7-6-10-17(18)19/h3-11,15,18H,12-14H2,1-2H3,(H3,21,22,23). The lowest BCUT2D eigenvalue weighted by atomic mass is 10.0. The van der Waals surface area contributed by atoms with Crippen LogP contribution >= 0.6 is 0 Å². The second-order valence-electron chi connectivity index (χ2n) is 6.39. The van der Waals surface area contributed by atoms with Crippen LogP contribution in [0.5, 0.6) is 5.75 Å². The molecule has 132 valence electrons. The van der Waals surface area contributed by atoms with Crippen LogP contribution in [0.2, 0.25) is 0 Å². The van der Waals surface area contributed by atoms with E-state index in [0.717, 1.165) is 17.7 Å². The van der Waals surface area contributed by atoms with Crippen molar-refractivity contribution in [3.8, 4) is 5.75 Å². The van der Waals surface area contributed by atoms with Crippen LogP contribution in [0.15, 0.2) is 59.6 Å². The molecular formula is C20H26N4O.